The first-order valence-corrected chi connectivity index (χ1v) is 15.9. The molecule has 238 valence electrons. The molecule has 0 unspecified atom stereocenters. The lowest BCUT2D eigenvalue weighted by atomic mass is 10.00. The van der Waals surface area contributed by atoms with E-state index in [1.807, 2.05) is 18.2 Å². The predicted molar refractivity (Wildman–Crippen MR) is 188 cm³/mol. The van der Waals surface area contributed by atoms with Gasteiger partial charge in [0, 0.05) is 41.1 Å². The van der Waals surface area contributed by atoms with Gasteiger partial charge in [-0.05, 0) is 59.4 Å². The maximum absolute atomic E-state index is 11.4. The number of nitrogens with zero attached hydrogens (tertiary/aromatic N) is 1. The van der Waals surface area contributed by atoms with Crippen molar-refractivity contribution in [1.82, 2.24) is 4.57 Å². The van der Waals surface area contributed by atoms with Crippen molar-refractivity contribution in [1.29, 1.82) is 0 Å². The molecule has 7 nitrogen and oxygen atoms in total. The van der Waals surface area contributed by atoms with Crippen molar-refractivity contribution in [2.75, 3.05) is 26.4 Å². The molecule has 6 rings (SSSR count). The Morgan fingerprint density at radius 1 is 0.574 bits per heavy atom. The monoisotopic (exact) mass is 627 g/mol. The molecule has 0 fully saturated rings. The van der Waals surface area contributed by atoms with E-state index in [4.69, 9.17) is 18.9 Å². The number of esters is 2. The normalized spacial score (nSPS) is 11.1. The summed E-state index contributed by atoms with van der Waals surface area (Å²) in [5, 5.41) is 7.17. The molecule has 0 amide bonds. The molecule has 0 aliphatic heterocycles. The third kappa shape index (κ3) is 6.99. The first-order valence-electron chi connectivity index (χ1n) is 15.9. The van der Waals surface area contributed by atoms with E-state index in [0.29, 0.717) is 63.6 Å². The standard InChI is InChI=1S/C40H37NO6/c1-3-37(42)46-23-11-9-21-44-31-25-30(26-32(27-31)45-22-10-12-24-47-38(43)4-2)41-35-19-17-28-13-5-7-15-33(28)39(35)40-34-16-8-6-14-29(34)18-20-36(40)41/h3-8,13-20,25-27H,1-2,9-12,21-24H2. The third-order valence-corrected chi connectivity index (χ3v) is 8.11. The van der Waals surface area contributed by atoms with E-state index in [2.05, 4.69) is 90.5 Å². The zero-order valence-electron chi connectivity index (χ0n) is 26.3. The van der Waals surface area contributed by atoms with Crippen LogP contribution >= 0.6 is 0 Å². The Hall–Kier alpha value is -5.56. The van der Waals surface area contributed by atoms with Gasteiger partial charge in [-0.2, -0.15) is 0 Å². The Bertz CT molecular complexity index is 1950. The molecule has 0 aliphatic rings. The lowest BCUT2D eigenvalue weighted by Crippen LogP contribution is -2.06. The smallest absolute Gasteiger partial charge is 0.330 e. The Balaban J connectivity index is 1.37. The van der Waals surface area contributed by atoms with Gasteiger partial charge in [-0.25, -0.2) is 9.59 Å². The highest BCUT2D eigenvalue weighted by Crippen LogP contribution is 2.41. The minimum atomic E-state index is -0.425. The zero-order chi connectivity index (χ0) is 32.6. The van der Waals surface area contributed by atoms with E-state index in [0.717, 1.165) is 28.9 Å². The summed E-state index contributed by atoms with van der Waals surface area (Å²) in [5.74, 6) is 0.506. The van der Waals surface area contributed by atoms with Crippen LogP contribution in [0.4, 0.5) is 0 Å². The molecular weight excluding hydrogens is 590 g/mol. The van der Waals surface area contributed by atoms with E-state index in [-0.39, 0.29) is 0 Å². The van der Waals surface area contributed by atoms with Gasteiger partial charge in [0.05, 0.1) is 43.1 Å². The van der Waals surface area contributed by atoms with Gasteiger partial charge in [0.15, 0.2) is 0 Å². The van der Waals surface area contributed by atoms with Crippen molar-refractivity contribution in [3.8, 4) is 17.2 Å². The molecule has 0 spiro atoms. The average molecular weight is 628 g/mol. The number of rotatable bonds is 15. The van der Waals surface area contributed by atoms with Gasteiger partial charge >= 0.3 is 11.9 Å². The number of hydrogen-bond donors (Lipinski definition) is 0. The fourth-order valence-corrected chi connectivity index (χ4v) is 5.93. The predicted octanol–water partition coefficient (Wildman–Crippen LogP) is 8.87. The number of aromatic nitrogens is 1. The summed E-state index contributed by atoms with van der Waals surface area (Å²) in [6.07, 6.45) is 5.09. The van der Waals surface area contributed by atoms with Crippen LogP contribution in [0, 0.1) is 0 Å². The molecule has 0 bridgehead atoms. The van der Waals surface area contributed by atoms with E-state index in [1.165, 1.54) is 32.3 Å². The molecule has 5 aromatic carbocycles. The number of unbranched alkanes of at least 4 members (excludes halogenated alkanes) is 2. The van der Waals surface area contributed by atoms with Crippen LogP contribution in [-0.4, -0.2) is 42.9 Å². The van der Waals surface area contributed by atoms with Gasteiger partial charge < -0.3 is 23.5 Å². The molecule has 0 saturated heterocycles. The number of hydrogen-bond acceptors (Lipinski definition) is 6. The van der Waals surface area contributed by atoms with Gasteiger partial charge in [-0.15, -0.1) is 0 Å². The fraction of sp³-hybridized carbons (Fsp3) is 0.200. The van der Waals surface area contributed by atoms with Crippen LogP contribution in [0.5, 0.6) is 11.5 Å². The molecule has 0 atom stereocenters. The summed E-state index contributed by atoms with van der Waals surface area (Å²) in [6, 6.07) is 31.7. The van der Waals surface area contributed by atoms with Crippen molar-refractivity contribution < 1.29 is 28.5 Å². The van der Waals surface area contributed by atoms with Gasteiger partial charge in [0.1, 0.15) is 11.5 Å². The second kappa shape index (κ2) is 14.7. The minimum absolute atomic E-state index is 0.313. The number of carbonyl (C=O) groups excluding carboxylic acids is 2. The molecule has 1 aromatic heterocycles. The SMILES string of the molecule is C=CC(=O)OCCCCOc1cc(OCCCCOC(=O)C=C)cc(-n2c3ccc4ccccc4c3c3c4ccccc4ccc32)c1. The highest BCUT2D eigenvalue weighted by Gasteiger charge is 2.18. The van der Waals surface area contributed by atoms with Crippen molar-refractivity contribution in [2.24, 2.45) is 0 Å². The van der Waals surface area contributed by atoms with Crippen LogP contribution in [0.25, 0.3) is 49.0 Å². The van der Waals surface area contributed by atoms with Gasteiger partial charge in [-0.3, -0.25) is 0 Å². The maximum Gasteiger partial charge on any atom is 0.330 e. The number of fused-ring (bicyclic) bond motifs is 7. The van der Waals surface area contributed by atoms with Crippen molar-refractivity contribution in [2.45, 2.75) is 25.7 Å². The molecule has 6 aromatic rings. The quantitative estimate of drug-likeness (QED) is 0.0643. The molecule has 0 N–H and O–H groups in total. The van der Waals surface area contributed by atoms with Crippen LogP contribution in [-0.2, 0) is 19.1 Å². The molecule has 0 aliphatic carbocycles. The highest BCUT2D eigenvalue weighted by molar-refractivity contribution is 6.28. The lowest BCUT2D eigenvalue weighted by Gasteiger charge is -2.15. The lowest BCUT2D eigenvalue weighted by molar-refractivity contribution is -0.138. The van der Waals surface area contributed by atoms with Crippen LogP contribution < -0.4 is 9.47 Å². The molecule has 0 saturated carbocycles. The van der Waals surface area contributed by atoms with Crippen LogP contribution in [0.3, 0.4) is 0 Å². The summed E-state index contributed by atoms with van der Waals surface area (Å²) in [4.78, 5) is 22.7. The van der Waals surface area contributed by atoms with Gasteiger partial charge in [0.2, 0.25) is 0 Å². The molecule has 1 heterocycles. The fourth-order valence-electron chi connectivity index (χ4n) is 5.93. The molecule has 47 heavy (non-hydrogen) atoms. The molecular formula is C40H37NO6. The maximum atomic E-state index is 11.4. The third-order valence-electron chi connectivity index (χ3n) is 8.11. The summed E-state index contributed by atoms with van der Waals surface area (Å²) < 4.78 is 25.0. The molecule has 7 heteroatoms. The number of ether oxygens (including phenoxy) is 4. The Labute approximate surface area is 273 Å². The van der Waals surface area contributed by atoms with Gasteiger partial charge in [0.25, 0.3) is 0 Å². The zero-order valence-corrected chi connectivity index (χ0v) is 26.3. The van der Waals surface area contributed by atoms with Crippen LogP contribution in [0.15, 0.2) is 116 Å². The largest absolute Gasteiger partial charge is 0.493 e. The summed E-state index contributed by atoms with van der Waals surface area (Å²) in [7, 11) is 0. The first kappa shape index (κ1) is 31.4. The topological polar surface area (TPSA) is 76.0 Å². The van der Waals surface area contributed by atoms with Crippen molar-refractivity contribution in [3.63, 3.8) is 0 Å². The van der Waals surface area contributed by atoms with Crippen molar-refractivity contribution in [3.05, 3.63) is 116 Å². The van der Waals surface area contributed by atoms with Gasteiger partial charge in [-0.1, -0.05) is 73.8 Å². The van der Waals surface area contributed by atoms with Crippen LogP contribution in [0.1, 0.15) is 25.7 Å². The number of carbonyl (C=O) groups is 2. The summed E-state index contributed by atoms with van der Waals surface area (Å²) >= 11 is 0. The van der Waals surface area contributed by atoms with E-state index < -0.39 is 11.9 Å². The van der Waals surface area contributed by atoms with Crippen LogP contribution in [0.2, 0.25) is 0 Å². The second-order valence-corrected chi connectivity index (χ2v) is 11.2. The number of benzene rings is 5. The Morgan fingerprint density at radius 2 is 1.02 bits per heavy atom. The minimum Gasteiger partial charge on any atom is -0.493 e. The Kier molecular flexibility index (Phi) is 9.82. The second-order valence-electron chi connectivity index (χ2n) is 11.2. The van der Waals surface area contributed by atoms with Crippen molar-refractivity contribution >= 4 is 55.3 Å². The summed E-state index contributed by atoms with van der Waals surface area (Å²) in [5.41, 5.74) is 3.10. The Morgan fingerprint density at radius 3 is 1.49 bits per heavy atom. The molecule has 0 radical (unpaired) electrons. The van der Waals surface area contributed by atoms with E-state index in [1.54, 1.807) is 0 Å². The average Bonchev–Trinajstić information content (AvgIpc) is 3.46. The summed E-state index contributed by atoms with van der Waals surface area (Å²) in [6.45, 7) is 8.39. The van der Waals surface area contributed by atoms with E-state index in [9.17, 15) is 9.59 Å². The van der Waals surface area contributed by atoms with E-state index >= 15 is 0 Å². The highest BCUT2D eigenvalue weighted by atomic mass is 16.5. The first-order chi connectivity index (χ1) is 23.1.